The zero-order valence-corrected chi connectivity index (χ0v) is 16.7. The molecule has 0 bridgehead atoms. The van der Waals surface area contributed by atoms with Crippen LogP contribution in [-0.4, -0.2) is 29.3 Å². The molecule has 1 fully saturated rings. The summed E-state index contributed by atoms with van der Waals surface area (Å²) >= 11 is 0. The lowest BCUT2D eigenvalue weighted by Gasteiger charge is -2.29. The van der Waals surface area contributed by atoms with Crippen LogP contribution in [0.1, 0.15) is 36.2 Å². The number of anilines is 1. The number of rotatable bonds is 5. The van der Waals surface area contributed by atoms with Crippen LogP contribution in [0.15, 0.2) is 65.2 Å². The number of aromatic nitrogens is 1. The standard InChI is InChI=1S/C23H22FN3O4/c24-16-9-11-17(12-10-16)26-23(29)30-19-8-4-7-18(13-19)25-22(28)20-14-21(31-27-20)15-5-2-1-3-6-15/h1-3,5-6,9-12,14,18-19H,4,7-8,13H2,(H,25,28)(H,26,29)/t18-,19+/m1/s1. The van der Waals surface area contributed by atoms with Crippen LogP contribution in [0.2, 0.25) is 0 Å². The van der Waals surface area contributed by atoms with Crippen LogP contribution in [0.4, 0.5) is 14.9 Å². The number of nitrogens with zero attached hydrogens (tertiary/aromatic N) is 1. The molecule has 1 saturated carbocycles. The molecule has 2 amide bonds. The maximum Gasteiger partial charge on any atom is 0.411 e. The third kappa shape index (κ3) is 5.48. The summed E-state index contributed by atoms with van der Waals surface area (Å²) in [5.41, 5.74) is 1.50. The van der Waals surface area contributed by atoms with Crippen molar-refractivity contribution >= 4 is 17.7 Å². The van der Waals surface area contributed by atoms with E-state index in [4.69, 9.17) is 9.26 Å². The number of amides is 2. The second-order valence-corrected chi connectivity index (χ2v) is 7.44. The molecule has 1 heterocycles. The highest BCUT2D eigenvalue weighted by molar-refractivity contribution is 5.93. The fourth-order valence-corrected chi connectivity index (χ4v) is 3.60. The minimum absolute atomic E-state index is 0.137. The van der Waals surface area contributed by atoms with E-state index in [1.165, 1.54) is 24.3 Å². The lowest BCUT2D eigenvalue weighted by atomic mass is 9.92. The molecule has 1 aliphatic rings. The van der Waals surface area contributed by atoms with Gasteiger partial charge in [-0.3, -0.25) is 10.1 Å². The number of ether oxygens (including phenoxy) is 1. The van der Waals surface area contributed by atoms with Crippen molar-refractivity contribution in [1.82, 2.24) is 10.5 Å². The smallest absolute Gasteiger partial charge is 0.411 e. The molecular weight excluding hydrogens is 401 g/mol. The summed E-state index contributed by atoms with van der Waals surface area (Å²) < 4.78 is 23.7. The van der Waals surface area contributed by atoms with E-state index in [2.05, 4.69) is 15.8 Å². The van der Waals surface area contributed by atoms with E-state index in [0.717, 1.165) is 18.4 Å². The third-order valence-corrected chi connectivity index (χ3v) is 5.13. The number of hydrogen-bond donors (Lipinski definition) is 2. The van der Waals surface area contributed by atoms with Gasteiger partial charge in [-0.05, 0) is 43.5 Å². The molecule has 0 radical (unpaired) electrons. The molecule has 160 valence electrons. The number of carbonyl (C=O) groups excluding carboxylic acids is 2. The molecule has 8 heteroatoms. The zero-order valence-electron chi connectivity index (χ0n) is 16.7. The molecule has 31 heavy (non-hydrogen) atoms. The summed E-state index contributed by atoms with van der Waals surface area (Å²) in [6, 6.07) is 16.3. The van der Waals surface area contributed by atoms with Gasteiger partial charge in [-0.25, -0.2) is 9.18 Å². The summed E-state index contributed by atoms with van der Waals surface area (Å²) in [5, 5.41) is 9.39. The van der Waals surface area contributed by atoms with Gasteiger partial charge in [-0.2, -0.15) is 0 Å². The van der Waals surface area contributed by atoms with E-state index >= 15 is 0 Å². The first kappa shape index (κ1) is 20.6. The van der Waals surface area contributed by atoms with Crippen LogP contribution in [0.25, 0.3) is 11.3 Å². The minimum Gasteiger partial charge on any atom is -0.446 e. The van der Waals surface area contributed by atoms with Crippen molar-refractivity contribution < 1.29 is 23.2 Å². The Kier molecular flexibility index (Phi) is 6.26. The number of halogens is 1. The van der Waals surface area contributed by atoms with Crippen LogP contribution < -0.4 is 10.6 Å². The molecule has 1 aromatic heterocycles. The number of carbonyl (C=O) groups is 2. The van der Waals surface area contributed by atoms with Crippen LogP contribution >= 0.6 is 0 Å². The number of nitrogens with one attached hydrogen (secondary N) is 2. The molecule has 2 atom stereocenters. The molecular formula is C23H22FN3O4. The molecule has 2 aromatic carbocycles. The van der Waals surface area contributed by atoms with Gasteiger partial charge in [0.15, 0.2) is 11.5 Å². The summed E-state index contributed by atoms with van der Waals surface area (Å²) in [4.78, 5) is 24.7. The average Bonchev–Trinajstić information content (AvgIpc) is 3.27. The second-order valence-electron chi connectivity index (χ2n) is 7.44. The minimum atomic E-state index is -0.604. The van der Waals surface area contributed by atoms with Gasteiger partial charge in [0, 0.05) is 29.8 Å². The van der Waals surface area contributed by atoms with Crippen molar-refractivity contribution in [3.63, 3.8) is 0 Å². The molecule has 3 aromatic rings. The van der Waals surface area contributed by atoms with E-state index in [1.54, 1.807) is 6.07 Å². The van der Waals surface area contributed by atoms with Crippen molar-refractivity contribution in [2.45, 2.75) is 37.8 Å². The van der Waals surface area contributed by atoms with E-state index in [0.29, 0.717) is 24.3 Å². The van der Waals surface area contributed by atoms with Crippen LogP contribution in [0.3, 0.4) is 0 Å². The van der Waals surface area contributed by atoms with Gasteiger partial charge in [0.2, 0.25) is 0 Å². The van der Waals surface area contributed by atoms with Gasteiger partial charge >= 0.3 is 6.09 Å². The summed E-state index contributed by atoms with van der Waals surface area (Å²) in [6.45, 7) is 0. The highest BCUT2D eigenvalue weighted by Crippen LogP contribution is 2.23. The van der Waals surface area contributed by atoms with Crippen molar-refractivity contribution in [3.05, 3.63) is 72.2 Å². The van der Waals surface area contributed by atoms with Gasteiger partial charge in [-0.15, -0.1) is 0 Å². The molecule has 0 spiro atoms. The molecule has 4 rings (SSSR count). The Labute approximate surface area is 178 Å². The van der Waals surface area contributed by atoms with Crippen molar-refractivity contribution in [2.75, 3.05) is 5.32 Å². The van der Waals surface area contributed by atoms with Gasteiger partial charge in [0.1, 0.15) is 11.9 Å². The van der Waals surface area contributed by atoms with Gasteiger partial charge in [0.25, 0.3) is 5.91 Å². The maximum atomic E-state index is 13.0. The van der Waals surface area contributed by atoms with Gasteiger partial charge in [0.05, 0.1) is 0 Å². The Balaban J connectivity index is 1.29. The van der Waals surface area contributed by atoms with E-state index < -0.39 is 6.09 Å². The van der Waals surface area contributed by atoms with E-state index in [1.807, 2.05) is 30.3 Å². The number of hydrogen-bond acceptors (Lipinski definition) is 5. The molecule has 0 saturated heterocycles. The summed E-state index contributed by atoms with van der Waals surface area (Å²) in [6.07, 6.45) is 1.89. The lowest BCUT2D eigenvalue weighted by molar-refractivity contribution is 0.0709. The first-order valence-corrected chi connectivity index (χ1v) is 10.1. The molecule has 1 aliphatic carbocycles. The highest BCUT2D eigenvalue weighted by atomic mass is 19.1. The van der Waals surface area contributed by atoms with E-state index in [-0.39, 0.29) is 29.6 Å². The molecule has 2 N–H and O–H groups in total. The molecule has 0 unspecified atom stereocenters. The quantitative estimate of drug-likeness (QED) is 0.617. The predicted molar refractivity (Wildman–Crippen MR) is 112 cm³/mol. The first-order valence-electron chi connectivity index (χ1n) is 10.1. The number of benzene rings is 2. The summed E-state index contributed by atoms with van der Waals surface area (Å²) in [5.74, 6) is -0.187. The Morgan fingerprint density at radius 2 is 1.84 bits per heavy atom. The SMILES string of the molecule is O=C(Nc1ccc(F)cc1)O[C@H]1CCC[C@@H](NC(=O)c2cc(-c3ccccc3)on2)C1. The van der Waals surface area contributed by atoms with Crippen molar-refractivity contribution in [3.8, 4) is 11.3 Å². The van der Waals surface area contributed by atoms with Gasteiger partial charge < -0.3 is 14.6 Å². The van der Waals surface area contributed by atoms with Crippen LogP contribution in [0, 0.1) is 5.82 Å². The fraction of sp³-hybridized carbons (Fsp3) is 0.261. The topological polar surface area (TPSA) is 93.5 Å². The Bertz CT molecular complexity index is 1040. The highest BCUT2D eigenvalue weighted by Gasteiger charge is 2.27. The fourth-order valence-electron chi connectivity index (χ4n) is 3.60. The van der Waals surface area contributed by atoms with Crippen molar-refractivity contribution in [1.29, 1.82) is 0 Å². The van der Waals surface area contributed by atoms with E-state index in [9.17, 15) is 14.0 Å². The third-order valence-electron chi connectivity index (χ3n) is 5.13. The molecule has 7 nitrogen and oxygen atoms in total. The molecule has 0 aliphatic heterocycles. The zero-order chi connectivity index (χ0) is 21.6. The Morgan fingerprint density at radius 1 is 1.06 bits per heavy atom. The lowest BCUT2D eigenvalue weighted by Crippen LogP contribution is -2.41. The first-order chi connectivity index (χ1) is 15.1. The largest absolute Gasteiger partial charge is 0.446 e. The van der Waals surface area contributed by atoms with Crippen LogP contribution in [0.5, 0.6) is 0 Å². The predicted octanol–water partition coefficient (Wildman–Crippen LogP) is 4.77. The monoisotopic (exact) mass is 423 g/mol. The Hall–Kier alpha value is -3.68. The van der Waals surface area contributed by atoms with Crippen LogP contribution in [-0.2, 0) is 4.74 Å². The Morgan fingerprint density at radius 3 is 2.61 bits per heavy atom. The maximum absolute atomic E-state index is 13.0. The van der Waals surface area contributed by atoms with Gasteiger partial charge in [-0.1, -0.05) is 35.5 Å². The summed E-state index contributed by atoms with van der Waals surface area (Å²) in [7, 11) is 0. The normalized spacial score (nSPS) is 18.2. The second kappa shape index (κ2) is 9.42. The average molecular weight is 423 g/mol. The van der Waals surface area contributed by atoms with Crippen molar-refractivity contribution in [2.24, 2.45) is 0 Å².